The van der Waals surface area contributed by atoms with Gasteiger partial charge in [-0.2, -0.15) is 8.62 Å². The van der Waals surface area contributed by atoms with Gasteiger partial charge < -0.3 is 49.0 Å². The van der Waals surface area contributed by atoms with Crippen molar-refractivity contribution in [3.63, 3.8) is 0 Å². The van der Waals surface area contributed by atoms with Crippen molar-refractivity contribution in [2.24, 2.45) is 0 Å². The molecule has 1 aromatic rings. The van der Waals surface area contributed by atoms with E-state index in [0.29, 0.717) is 0 Å². The smallest absolute Gasteiger partial charge is 0.390 e. The quantitative estimate of drug-likeness (QED) is 0.0775. The van der Waals surface area contributed by atoms with Crippen LogP contribution in [0.25, 0.3) is 0 Å². The third kappa shape index (κ3) is 29.5. The molecule has 0 radical (unpaired) electrons. The molecular weight excluding hydrogens is 924 g/mol. The molecule has 1 aliphatic heterocycles. The fourth-order valence-corrected chi connectivity index (χ4v) is 8.33. The number of aliphatic hydroxyl groups is 1. The highest BCUT2D eigenvalue weighted by Crippen LogP contribution is 2.66. The second-order valence-corrected chi connectivity index (χ2v) is 17.5. The second-order valence-electron chi connectivity index (χ2n) is 11.9. The zero-order valence-electron chi connectivity index (χ0n) is 36.1. The van der Waals surface area contributed by atoms with Crippen molar-refractivity contribution in [2.45, 2.75) is 108 Å². The van der Waals surface area contributed by atoms with Crippen molar-refractivity contribution in [2.75, 3.05) is 85.1 Å². The number of ether oxygens (including phenoxy) is 1. The molecule has 2 rings (SSSR count). The molecule has 6 N–H and O–H groups in total. The first-order chi connectivity index (χ1) is 26.5. The lowest BCUT2D eigenvalue weighted by atomic mass is 10.2. The predicted molar refractivity (Wildman–Crippen MR) is 232 cm³/mol. The standard InChI is InChI=1S/C9H14IN2O14P3.4C6H15N/c10-4-2-12(9(15)11-8(4)14)7-1-5(13)6(24-7)3-23-28(19,20)26-29(21,22)25-27(16,17)18;4*1-4-7(5-2)6-3/h2,5-7,13H,1,3H2,(H,19,20)(H,21,22)(H,11,14,15)(H2,16,17,18);4*4-6H2,1-3H3/t5-,6+,7+;;;;/m0..../s1. The van der Waals surface area contributed by atoms with Gasteiger partial charge in [-0.3, -0.25) is 18.9 Å². The number of halogens is 1. The Morgan fingerprint density at radius 3 is 1.33 bits per heavy atom. The highest BCUT2D eigenvalue weighted by molar-refractivity contribution is 14.1. The number of nitrogens with one attached hydrogen (secondary N) is 1. The van der Waals surface area contributed by atoms with Crippen molar-refractivity contribution >= 4 is 46.1 Å². The number of aromatic nitrogens is 2. The van der Waals surface area contributed by atoms with Crippen molar-refractivity contribution in [3.05, 3.63) is 30.6 Å². The number of H-pyrrole nitrogens is 1. The molecular formula is C33H74IN6O14P3. The summed E-state index contributed by atoms with van der Waals surface area (Å²) in [6.45, 7) is 39.6. The maximum absolute atomic E-state index is 11.9. The molecule has 24 heteroatoms. The van der Waals surface area contributed by atoms with Crippen LogP contribution in [0.1, 0.15) is 95.7 Å². The lowest BCUT2D eigenvalue weighted by Crippen LogP contribution is -2.33. The van der Waals surface area contributed by atoms with Crippen molar-refractivity contribution in [1.82, 2.24) is 29.2 Å². The summed E-state index contributed by atoms with van der Waals surface area (Å²) in [6, 6.07) is 0. The lowest BCUT2D eigenvalue weighted by molar-refractivity contribution is -0.0450. The first-order valence-electron chi connectivity index (χ1n) is 19.5. The first kappa shape index (κ1) is 60.9. The molecule has 0 saturated carbocycles. The van der Waals surface area contributed by atoms with E-state index in [0.717, 1.165) is 4.57 Å². The Kier molecular flexibility index (Phi) is 35.5. The Morgan fingerprint density at radius 2 is 1.04 bits per heavy atom. The minimum atomic E-state index is -5.67. The van der Waals surface area contributed by atoms with E-state index in [9.17, 15) is 33.3 Å². The Bertz CT molecular complexity index is 1350. The minimum Gasteiger partial charge on any atom is -0.390 e. The van der Waals surface area contributed by atoms with Gasteiger partial charge in [0.25, 0.3) is 5.56 Å². The average molecular weight is 999 g/mol. The Morgan fingerprint density at radius 1 is 0.684 bits per heavy atom. The molecule has 2 unspecified atom stereocenters. The van der Waals surface area contributed by atoms with Gasteiger partial charge in [0.15, 0.2) is 0 Å². The van der Waals surface area contributed by atoms with Gasteiger partial charge in [-0.25, -0.2) is 18.5 Å². The van der Waals surface area contributed by atoms with Crippen LogP contribution in [0.2, 0.25) is 0 Å². The summed E-state index contributed by atoms with van der Waals surface area (Å²) in [5.41, 5.74) is -1.46. The van der Waals surface area contributed by atoms with E-state index >= 15 is 0 Å². The van der Waals surface area contributed by atoms with Gasteiger partial charge in [0, 0.05) is 12.6 Å². The zero-order valence-corrected chi connectivity index (χ0v) is 40.9. The number of hydrogen-bond acceptors (Lipinski definition) is 14. The van der Waals surface area contributed by atoms with Crippen LogP contribution in [0.15, 0.2) is 15.8 Å². The monoisotopic (exact) mass is 998 g/mol. The van der Waals surface area contributed by atoms with Gasteiger partial charge in [0.2, 0.25) is 0 Å². The van der Waals surface area contributed by atoms with Crippen LogP contribution in [0.4, 0.5) is 0 Å². The highest BCUT2D eigenvalue weighted by atomic mass is 127. The lowest BCUT2D eigenvalue weighted by Gasteiger charge is -2.19. The molecule has 0 bridgehead atoms. The van der Waals surface area contributed by atoms with Crippen LogP contribution < -0.4 is 11.2 Å². The van der Waals surface area contributed by atoms with E-state index in [1.165, 1.54) is 84.7 Å². The molecule has 0 aliphatic carbocycles. The number of nitrogens with zero attached hydrogens (tertiary/aromatic N) is 5. The van der Waals surface area contributed by atoms with Crippen molar-refractivity contribution < 1.29 is 56.3 Å². The van der Waals surface area contributed by atoms with Gasteiger partial charge in [0.05, 0.1) is 16.3 Å². The number of phosphoric acid groups is 3. The molecule has 0 aromatic carbocycles. The maximum Gasteiger partial charge on any atom is 0.490 e. The molecule has 1 fully saturated rings. The number of aliphatic hydroxyl groups excluding tert-OH is 1. The fourth-order valence-electron chi connectivity index (χ4n) is 4.86. The Hall–Kier alpha value is -0.420. The molecule has 5 atom stereocenters. The van der Waals surface area contributed by atoms with Gasteiger partial charge >= 0.3 is 29.2 Å². The number of rotatable bonds is 20. The molecule has 20 nitrogen and oxygen atoms in total. The molecule has 1 saturated heterocycles. The fraction of sp³-hybridized carbons (Fsp3) is 0.879. The molecule has 57 heavy (non-hydrogen) atoms. The molecule has 342 valence electrons. The molecule has 0 spiro atoms. The maximum atomic E-state index is 11.9. The average Bonchev–Trinajstić information content (AvgIpc) is 3.51. The summed E-state index contributed by atoms with van der Waals surface area (Å²) in [5.74, 6) is 0. The first-order valence-corrected chi connectivity index (χ1v) is 25.1. The number of aromatic amines is 1. The third-order valence-corrected chi connectivity index (χ3v) is 13.2. The van der Waals surface area contributed by atoms with E-state index in [1.54, 1.807) is 22.6 Å². The molecule has 1 aromatic heterocycles. The number of phosphoric ester groups is 1. The Balaban J connectivity index is -0.000000838. The van der Waals surface area contributed by atoms with Crippen LogP contribution in [0, 0.1) is 3.57 Å². The van der Waals surface area contributed by atoms with E-state index in [1.807, 2.05) is 4.98 Å². The summed E-state index contributed by atoms with van der Waals surface area (Å²) >= 11 is 1.66. The predicted octanol–water partition coefficient (Wildman–Crippen LogP) is 4.53. The highest BCUT2D eigenvalue weighted by Gasteiger charge is 2.43. The van der Waals surface area contributed by atoms with Crippen LogP contribution in [-0.4, -0.2) is 151 Å². The van der Waals surface area contributed by atoms with Gasteiger partial charge in [0.1, 0.15) is 12.3 Å². The molecule has 1 aliphatic rings. The van der Waals surface area contributed by atoms with Crippen molar-refractivity contribution in [1.29, 1.82) is 0 Å². The zero-order chi connectivity index (χ0) is 45.0. The minimum absolute atomic E-state index is 0.150. The largest absolute Gasteiger partial charge is 0.490 e. The second kappa shape index (κ2) is 33.2. The van der Waals surface area contributed by atoms with Gasteiger partial charge in [-0.05, 0) is 101 Å². The third-order valence-electron chi connectivity index (χ3n) is 8.62. The van der Waals surface area contributed by atoms with Crippen LogP contribution >= 0.6 is 46.1 Å². The summed E-state index contributed by atoms with van der Waals surface area (Å²) in [6.07, 6.45) is -2.70. The number of hydrogen-bond donors (Lipinski definition) is 6. The van der Waals surface area contributed by atoms with Crippen LogP contribution in [0.5, 0.6) is 0 Å². The van der Waals surface area contributed by atoms with E-state index in [4.69, 9.17) is 19.4 Å². The van der Waals surface area contributed by atoms with Crippen LogP contribution in [-0.2, 0) is 31.6 Å². The van der Waals surface area contributed by atoms with E-state index in [-0.39, 0.29) is 9.99 Å². The summed E-state index contributed by atoms with van der Waals surface area (Å²) in [7, 11) is -16.6. The normalized spacial score (nSPS) is 18.7. The topological polar surface area (TPSA) is 257 Å². The summed E-state index contributed by atoms with van der Waals surface area (Å²) < 4.78 is 51.4. The van der Waals surface area contributed by atoms with E-state index in [2.05, 4.69) is 116 Å². The summed E-state index contributed by atoms with van der Waals surface area (Å²) in [5, 5.41) is 9.98. The van der Waals surface area contributed by atoms with E-state index < -0.39 is 59.8 Å². The SMILES string of the molecule is CCN(CC)CC.CCN(CC)CC.CCN(CC)CC.CCN(CC)CC.O=c1[nH]c(=O)n([C@H]2C[C@H](O)[C@@H](COP(=O)(O)OP(=O)(O)OP(=O)(O)O)O2)cc1I. The van der Waals surface area contributed by atoms with Gasteiger partial charge in [-0.1, -0.05) is 83.1 Å². The van der Waals surface area contributed by atoms with Gasteiger partial charge in [-0.15, -0.1) is 0 Å². The molecule has 0 amide bonds. The molecule has 2 heterocycles. The summed E-state index contributed by atoms with van der Waals surface area (Å²) in [4.78, 5) is 70.1. The Labute approximate surface area is 353 Å². The van der Waals surface area contributed by atoms with Crippen molar-refractivity contribution in [3.8, 4) is 0 Å². The van der Waals surface area contributed by atoms with Crippen LogP contribution in [0.3, 0.4) is 0 Å².